The van der Waals surface area contributed by atoms with Gasteiger partial charge in [-0.1, -0.05) is 36.4 Å². The minimum atomic E-state index is 0. The fourth-order valence-electron chi connectivity index (χ4n) is 3.88. The summed E-state index contributed by atoms with van der Waals surface area (Å²) in [5.74, 6) is 0.337. The Bertz CT molecular complexity index is 1010. The Balaban J connectivity index is 0.00000225. The number of pyridine rings is 1. The minimum absolute atomic E-state index is 0. The predicted molar refractivity (Wildman–Crippen MR) is 111 cm³/mol. The number of nitrogens with zero attached hydrogens (tertiary/aromatic N) is 1. The van der Waals surface area contributed by atoms with E-state index in [-0.39, 0.29) is 22.9 Å². The highest BCUT2D eigenvalue weighted by atomic mass is 79.9. The maximum absolute atomic E-state index is 12.9. The smallest absolute Gasteiger partial charge is 0.183 e. The van der Waals surface area contributed by atoms with Crippen molar-refractivity contribution in [3.05, 3.63) is 98.8 Å². The van der Waals surface area contributed by atoms with Crippen LogP contribution in [0.2, 0.25) is 0 Å². The van der Waals surface area contributed by atoms with Crippen LogP contribution in [0, 0.1) is 19.8 Å². The molecule has 0 saturated heterocycles. The molecule has 0 bridgehead atoms. The Morgan fingerprint density at radius 2 is 1.79 bits per heavy atom. The number of rotatable bonds is 4. The van der Waals surface area contributed by atoms with E-state index in [9.17, 15) is 4.79 Å². The van der Waals surface area contributed by atoms with Crippen molar-refractivity contribution in [1.82, 2.24) is 0 Å². The van der Waals surface area contributed by atoms with Gasteiger partial charge in [0, 0.05) is 23.1 Å². The van der Waals surface area contributed by atoms with Crippen LogP contribution in [-0.4, -0.2) is 5.78 Å². The summed E-state index contributed by atoms with van der Waals surface area (Å²) in [6, 6.07) is 16.8. The van der Waals surface area contributed by atoms with Gasteiger partial charge in [-0.25, -0.2) is 0 Å². The molecule has 144 valence electrons. The van der Waals surface area contributed by atoms with E-state index in [1.165, 1.54) is 27.8 Å². The van der Waals surface area contributed by atoms with Crippen LogP contribution in [0.15, 0.2) is 65.4 Å². The molecule has 2 nitrogen and oxygen atoms in total. The summed E-state index contributed by atoms with van der Waals surface area (Å²) >= 11 is 3.71. The molecule has 1 atom stereocenters. The van der Waals surface area contributed by atoms with Crippen molar-refractivity contribution in [2.45, 2.75) is 33.2 Å². The van der Waals surface area contributed by atoms with Gasteiger partial charge >= 0.3 is 0 Å². The van der Waals surface area contributed by atoms with Gasteiger partial charge in [0.1, 0.15) is 0 Å². The number of carbonyl (C=O) groups excluding carboxylic acids is 1. The number of carbonyl (C=O) groups is 1. The van der Waals surface area contributed by atoms with E-state index < -0.39 is 0 Å². The van der Waals surface area contributed by atoms with Gasteiger partial charge in [-0.2, -0.15) is 4.57 Å². The molecule has 0 aliphatic heterocycles. The van der Waals surface area contributed by atoms with Gasteiger partial charge in [-0.3, -0.25) is 4.79 Å². The summed E-state index contributed by atoms with van der Waals surface area (Å²) < 4.78 is 3.23. The topological polar surface area (TPSA) is 20.9 Å². The number of hydrogen-bond acceptors (Lipinski definition) is 1. The second kappa shape index (κ2) is 8.71. The molecule has 28 heavy (non-hydrogen) atoms. The second-order valence-electron chi connectivity index (χ2n) is 7.54. The van der Waals surface area contributed by atoms with E-state index in [0.717, 1.165) is 29.4 Å². The summed E-state index contributed by atoms with van der Waals surface area (Å²) in [6.45, 7) is 5.04. The lowest BCUT2D eigenvalue weighted by atomic mass is 9.96. The van der Waals surface area contributed by atoms with Crippen molar-refractivity contribution in [3.63, 3.8) is 0 Å². The van der Waals surface area contributed by atoms with Gasteiger partial charge in [0.15, 0.2) is 24.7 Å². The molecule has 1 aliphatic rings. The first-order valence-electron chi connectivity index (χ1n) is 9.37. The highest BCUT2D eigenvalue weighted by Crippen LogP contribution is 2.32. The summed E-state index contributed by atoms with van der Waals surface area (Å²) in [5, 5.41) is 0. The second-order valence-corrected chi connectivity index (χ2v) is 8.39. The van der Waals surface area contributed by atoms with Crippen LogP contribution in [0.25, 0.3) is 0 Å². The molecule has 0 amide bonds. The maximum atomic E-state index is 12.9. The molecule has 1 aliphatic carbocycles. The predicted octanol–water partition coefficient (Wildman–Crippen LogP) is 2.00. The third-order valence-electron chi connectivity index (χ3n) is 5.55. The fourth-order valence-corrected chi connectivity index (χ4v) is 4.43. The summed E-state index contributed by atoms with van der Waals surface area (Å²) in [5.41, 5.74) is 7.07. The van der Waals surface area contributed by atoms with Crippen LogP contribution in [0.1, 0.15) is 38.2 Å². The first-order valence-corrected chi connectivity index (χ1v) is 10.2. The molecule has 1 heterocycles. The van der Waals surface area contributed by atoms with Gasteiger partial charge in [-0.15, -0.1) is 0 Å². The zero-order valence-electron chi connectivity index (χ0n) is 16.1. The van der Waals surface area contributed by atoms with E-state index in [1.54, 1.807) is 0 Å². The van der Waals surface area contributed by atoms with Crippen molar-refractivity contribution >= 4 is 21.7 Å². The van der Waals surface area contributed by atoms with Gasteiger partial charge in [0.2, 0.25) is 0 Å². The van der Waals surface area contributed by atoms with E-state index >= 15 is 0 Å². The van der Waals surface area contributed by atoms with Crippen LogP contribution in [0.5, 0.6) is 0 Å². The molecular formula is C24H23Br2NO. The molecule has 0 spiro atoms. The van der Waals surface area contributed by atoms with Crippen molar-refractivity contribution < 1.29 is 26.3 Å². The quantitative estimate of drug-likeness (QED) is 0.502. The number of aryl methyl sites for hydroxylation is 2. The normalized spacial score (nSPS) is 15.2. The van der Waals surface area contributed by atoms with Crippen LogP contribution >= 0.6 is 15.9 Å². The number of halogens is 2. The maximum Gasteiger partial charge on any atom is 0.183 e. The first-order chi connectivity index (χ1) is 13.0. The molecule has 0 N–H and O–H groups in total. The Morgan fingerprint density at radius 1 is 1.07 bits per heavy atom. The number of fused-ring (bicyclic) bond motifs is 1. The van der Waals surface area contributed by atoms with Gasteiger partial charge in [0.25, 0.3) is 0 Å². The molecule has 0 fully saturated rings. The monoisotopic (exact) mass is 499 g/mol. The number of ketones is 1. The van der Waals surface area contributed by atoms with Crippen molar-refractivity contribution in [2.75, 3.05) is 0 Å². The zero-order chi connectivity index (χ0) is 19.0. The Labute approximate surface area is 185 Å². The standard InChI is InChI=1S/C24H23BrNO.BrH/c1-16-10-20-13-21(24(27)22(20)11-17(16)2)12-19-8-9-26(15-23(19)25)14-18-6-4-3-5-7-18;/h3-11,15,21H,12-14H2,1-2H3;1H/q+1;/p-1. The van der Waals surface area contributed by atoms with E-state index in [0.29, 0.717) is 5.78 Å². The van der Waals surface area contributed by atoms with E-state index in [2.05, 4.69) is 89.2 Å². The molecule has 1 aromatic heterocycles. The molecule has 1 unspecified atom stereocenters. The number of benzene rings is 2. The Kier molecular flexibility index (Phi) is 6.51. The number of Topliss-reactive ketones (excluding diaryl/α,β-unsaturated/α-hetero) is 1. The van der Waals surface area contributed by atoms with Crippen molar-refractivity contribution in [2.24, 2.45) is 5.92 Å². The molecule has 0 saturated carbocycles. The molecule has 0 radical (unpaired) electrons. The third-order valence-corrected chi connectivity index (χ3v) is 6.26. The summed E-state index contributed by atoms with van der Waals surface area (Å²) in [7, 11) is 0. The highest BCUT2D eigenvalue weighted by Gasteiger charge is 2.31. The SMILES string of the molecule is Cc1cc2c(cc1C)C(=O)C(Cc1cc[n+](Cc3ccccc3)cc1Br)C2.[Br-]. The molecule has 4 rings (SSSR count). The molecule has 3 aromatic rings. The number of hydrogen-bond donors (Lipinski definition) is 0. The molecule has 2 aromatic carbocycles. The van der Waals surface area contributed by atoms with Crippen LogP contribution in [0.3, 0.4) is 0 Å². The van der Waals surface area contributed by atoms with Crippen molar-refractivity contribution in [1.29, 1.82) is 0 Å². The molecule has 4 heteroatoms. The van der Waals surface area contributed by atoms with Crippen LogP contribution in [-0.2, 0) is 19.4 Å². The van der Waals surface area contributed by atoms with Gasteiger partial charge in [-0.05, 0) is 70.9 Å². The van der Waals surface area contributed by atoms with Crippen molar-refractivity contribution in [3.8, 4) is 0 Å². The van der Waals surface area contributed by atoms with Gasteiger partial charge in [0.05, 0.1) is 4.47 Å². The lowest BCUT2D eigenvalue weighted by molar-refractivity contribution is -0.689. The average Bonchev–Trinajstić information content (AvgIpc) is 2.94. The number of aromatic nitrogens is 1. The van der Waals surface area contributed by atoms with Gasteiger partial charge < -0.3 is 17.0 Å². The first kappa shape index (κ1) is 20.9. The summed E-state index contributed by atoms with van der Waals surface area (Å²) in [4.78, 5) is 12.9. The lowest BCUT2D eigenvalue weighted by Crippen LogP contribution is -3.00. The van der Waals surface area contributed by atoms with E-state index in [4.69, 9.17) is 0 Å². The van der Waals surface area contributed by atoms with Crippen LogP contribution in [0.4, 0.5) is 0 Å². The molecular weight excluding hydrogens is 478 g/mol. The highest BCUT2D eigenvalue weighted by molar-refractivity contribution is 9.10. The Hall–Kier alpha value is -1.78. The summed E-state index contributed by atoms with van der Waals surface area (Å²) in [6.07, 6.45) is 5.84. The minimum Gasteiger partial charge on any atom is -1.00 e. The van der Waals surface area contributed by atoms with Crippen LogP contribution < -0.4 is 21.5 Å². The lowest BCUT2D eigenvalue weighted by Gasteiger charge is -2.09. The largest absolute Gasteiger partial charge is 1.00 e. The average molecular weight is 501 g/mol. The fraction of sp³-hybridized carbons (Fsp3) is 0.250. The zero-order valence-corrected chi connectivity index (χ0v) is 19.3. The third kappa shape index (κ3) is 4.28. The van der Waals surface area contributed by atoms with E-state index in [1.807, 2.05) is 6.07 Å². The Morgan fingerprint density at radius 3 is 2.50 bits per heavy atom.